The SMILES string of the molecule is COC(=O)C(CN)Cc1ccnc(C)c1. The van der Waals surface area contributed by atoms with Crippen molar-refractivity contribution in [2.45, 2.75) is 13.3 Å². The van der Waals surface area contributed by atoms with Gasteiger partial charge in [-0.1, -0.05) is 0 Å². The molecule has 0 aliphatic carbocycles. The molecule has 0 aliphatic heterocycles. The second-order valence-corrected chi connectivity index (χ2v) is 3.47. The van der Waals surface area contributed by atoms with Crippen LogP contribution in [-0.2, 0) is 16.0 Å². The second-order valence-electron chi connectivity index (χ2n) is 3.47. The summed E-state index contributed by atoms with van der Waals surface area (Å²) >= 11 is 0. The highest BCUT2D eigenvalue weighted by atomic mass is 16.5. The zero-order valence-electron chi connectivity index (χ0n) is 9.06. The molecule has 0 saturated carbocycles. The van der Waals surface area contributed by atoms with Gasteiger partial charge in [-0.3, -0.25) is 9.78 Å². The molecular formula is C11H16N2O2. The molecular weight excluding hydrogens is 192 g/mol. The van der Waals surface area contributed by atoms with Crippen molar-refractivity contribution in [1.29, 1.82) is 0 Å². The second kappa shape index (κ2) is 5.46. The first-order chi connectivity index (χ1) is 7.17. The molecule has 0 fully saturated rings. The highest BCUT2D eigenvalue weighted by molar-refractivity contribution is 5.72. The summed E-state index contributed by atoms with van der Waals surface area (Å²) in [6.45, 7) is 2.22. The van der Waals surface area contributed by atoms with Gasteiger partial charge in [0.2, 0.25) is 0 Å². The summed E-state index contributed by atoms with van der Waals surface area (Å²) in [7, 11) is 1.38. The molecule has 1 atom stereocenters. The third-order valence-corrected chi connectivity index (χ3v) is 2.26. The number of aromatic nitrogens is 1. The van der Waals surface area contributed by atoms with Crippen molar-refractivity contribution in [2.24, 2.45) is 11.7 Å². The maximum atomic E-state index is 11.3. The monoisotopic (exact) mass is 208 g/mol. The third kappa shape index (κ3) is 3.32. The van der Waals surface area contributed by atoms with Crippen LogP contribution in [0.25, 0.3) is 0 Å². The van der Waals surface area contributed by atoms with Gasteiger partial charge in [0.15, 0.2) is 0 Å². The molecule has 0 aromatic carbocycles. The lowest BCUT2D eigenvalue weighted by atomic mass is 10.00. The Balaban J connectivity index is 2.70. The van der Waals surface area contributed by atoms with Crippen LogP contribution < -0.4 is 5.73 Å². The van der Waals surface area contributed by atoms with Gasteiger partial charge in [0.1, 0.15) is 0 Å². The van der Waals surface area contributed by atoms with Gasteiger partial charge in [-0.05, 0) is 31.0 Å². The quantitative estimate of drug-likeness (QED) is 0.739. The smallest absolute Gasteiger partial charge is 0.310 e. The summed E-state index contributed by atoms with van der Waals surface area (Å²) in [5.74, 6) is -0.524. The average Bonchev–Trinajstić information content (AvgIpc) is 2.25. The number of nitrogens with zero attached hydrogens (tertiary/aromatic N) is 1. The predicted molar refractivity (Wildman–Crippen MR) is 57.2 cm³/mol. The number of aryl methyl sites for hydroxylation is 1. The first kappa shape index (κ1) is 11.7. The van der Waals surface area contributed by atoms with E-state index in [0.29, 0.717) is 13.0 Å². The van der Waals surface area contributed by atoms with Crippen LogP contribution in [0.3, 0.4) is 0 Å². The molecule has 1 heterocycles. The fourth-order valence-corrected chi connectivity index (χ4v) is 1.45. The van der Waals surface area contributed by atoms with Gasteiger partial charge < -0.3 is 10.5 Å². The van der Waals surface area contributed by atoms with Crippen LogP contribution in [0.2, 0.25) is 0 Å². The first-order valence-corrected chi connectivity index (χ1v) is 4.86. The van der Waals surface area contributed by atoms with E-state index in [1.54, 1.807) is 6.20 Å². The Morgan fingerprint density at radius 1 is 1.67 bits per heavy atom. The maximum Gasteiger partial charge on any atom is 0.310 e. The maximum absolute atomic E-state index is 11.3. The van der Waals surface area contributed by atoms with E-state index < -0.39 is 0 Å². The highest BCUT2D eigenvalue weighted by Gasteiger charge is 2.17. The Labute approximate surface area is 89.5 Å². The number of nitrogens with two attached hydrogens (primary N) is 1. The number of pyridine rings is 1. The van der Waals surface area contributed by atoms with Crippen LogP contribution >= 0.6 is 0 Å². The van der Waals surface area contributed by atoms with Crippen molar-refractivity contribution in [1.82, 2.24) is 4.98 Å². The van der Waals surface area contributed by atoms with Crippen molar-refractivity contribution < 1.29 is 9.53 Å². The molecule has 15 heavy (non-hydrogen) atoms. The Hall–Kier alpha value is -1.42. The Kier molecular flexibility index (Phi) is 4.24. The van der Waals surface area contributed by atoms with Crippen LogP contribution in [0.5, 0.6) is 0 Å². The van der Waals surface area contributed by atoms with E-state index in [-0.39, 0.29) is 11.9 Å². The van der Waals surface area contributed by atoms with Gasteiger partial charge in [0, 0.05) is 18.4 Å². The number of carbonyl (C=O) groups excluding carboxylic acids is 1. The molecule has 0 amide bonds. The van der Waals surface area contributed by atoms with E-state index >= 15 is 0 Å². The Morgan fingerprint density at radius 3 is 2.93 bits per heavy atom. The van der Waals surface area contributed by atoms with Gasteiger partial charge in [-0.25, -0.2) is 0 Å². The lowest BCUT2D eigenvalue weighted by molar-refractivity contribution is -0.145. The molecule has 1 aromatic rings. The number of carbonyl (C=O) groups is 1. The molecule has 82 valence electrons. The van der Waals surface area contributed by atoms with E-state index in [1.807, 2.05) is 19.1 Å². The van der Waals surface area contributed by atoms with Crippen molar-refractivity contribution in [3.8, 4) is 0 Å². The fourth-order valence-electron chi connectivity index (χ4n) is 1.45. The van der Waals surface area contributed by atoms with Gasteiger partial charge >= 0.3 is 5.97 Å². The van der Waals surface area contributed by atoms with Crippen LogP contribution in [0.1, 0.15) is 11.3 Å². The first-order valence-electron chi connectivity index (χ1n) is 4.86. The molecule has 0 aliphatic rings. The molecule has 4 heteroatoms. The zero-order chi connectivity index (χ0) is 11.3. The minimum Gasteiger partial charge on any atom is -0.469 e. The lowest BCUT2D eigenvalue weighted by Crippen LogP contribution is -2.26. The van der Waals surface area contributed by atoms with Gasteiger partial charge in [0.25, 0.3) is 0 Å². The van der Waals surface area contributed by atoms with Crippen molar-refractivity contribution in [2.75, 3.05) is 13.7 Å². The molecule has 1 aromatic heterocycles. The van der Waals surface area contributed by atoms with E-state index in [2.05, 4.69) is 9.72 Å². The fraction of sp³-hybridized carbons (Fsp3) is 0.455. The molecule has 4 nitrogen and oxygen atoms in total. The summed E-state index contributed by atoms with van der Waals surface area (Å²) < 4.78 is 4.67. The molecule has 1 rings (SSSR count). The van der Waals surface area contributed by atoms with Crippen LogP contribution in [-0.4, -0.2) is 24.6 Å². The van der Waals surface area contributed by atoms with Crippen LogP contribution in [0, 0.1) is 12.8 Å². The average molecular weight is 208 g/mol. The largest absolute Gasteiger partial charge is 0.469 e. The zero-order valence-corrected chi connectivity index (χ0v) is 9.06. The molecule has 0 spiro atoms. The van der Waals surface area contributed by atoms with E-state index in [4.69, 9.17) is 5.73 Å². The number of methoxy groups -OCH3 is 1. The standard InChI is InChI=1S/C11H16N2O2/c1-8-5-9(3-4-13-8)6-10(7-12)11(14)15-2/h3-5,10H,6-7,12H2,1-2H3. The normalized spacial score (nSPS) is 12.2. The Morgan fingerprint density at radius 2 is 2.40 bits per heavy atom. The summed E-state index contributed by atoms with van der Waals surface area (Å²) in [6, 6.07) is 3.84. The van der Waals surface area contributed by atoms with E-state index in [9.17, 15) is 4.79 Å². The third-order valence-electron chi connectivity index (χ3n) is 2.26. The summed E-state index contributed by atoms with van der Waals surface area (Å²) in [5, 5.41) is 0. The lowest BCUT2D eigenvalue weighted by Gasteiger charge is -2.12. The number of rotatable bonds is 4. The summed E-state index contributed by atoms with van der Waals surface area (Å²) in [5.41, 5.74) is 7.52. The van der Waals surface area contributed by atoms with Crippen LogP contribution in [0.15, 0.2) is 18.3 Å². The van der Waals surface area contributed by atoms with Crippen LogP contribution in [0.4, 0.5) is 0 Å². The topological polar surface area (TPSA) is 65.2 Å². The van der Waals surface area contributed by atoms with Crippen molar-refractivity contribution in [3.05, 3.63) is 29.6 Å². The molecule has 0 bridgehead atoms. The van der Waals surface area contributed by atoms with E-state index in [1.165, 1.54) is 7.11 Å². The summed E-state index contributed by atoms with van der Waals surface area (Å²) in [4.78, 5) is 15.4. The molecule has 0 radical (unpaired) electrons. The molecule has 1 unspecified atom stereocenters. The Bertz CT molecular complexity index is 339. The number of hydrogen-bond acceptors (Lipinski definition) is 4. The molecule has 0 saturated heterocycles. The predicted octanol–water partition coefficient (Wildman–Crippen LogP) is 0.680. The van der Waals surface area contributed by atoms with Gasteiger partial charge in [0.05, 0.1) is 13.0 Å². The van der Waals surface area contributed by atoms with Gasteiger partial charge in [-0.15, -0.1) is 0 Å². The summed E-state index contributed by atoms with van der Waals surface area (Å²) in [6.07, 6.45) is 2.34. The molecule has 2 N–H and O–H groups in total. The number of hydrogen-bond donors (Lipinski definition) is 1. The minimum atomic E-state index is -0.267. The number of ether oxygens (including phenoxy) is 1. The van der Waals surface area contributed by atoms with Crippen molar-refractivity contribution >= 4 is 5.97 Å². The minimum absolute atomic E-state index is 0.257. The van der Waals surface area contributed by atoms with Crippen molar-refractivity contribution in [3.63, 3.8) is 0 Å². The number of esters is 1. The van der Waals surface area contributed by atoms with Gasteiger partial charge in [-0.2, -0.15) is 0 Å². The van der Waals surface area contributed by atoms with E-state index in [0.717, 1.165) is 11.3 Å². The highest BCUT2D eigenvalue weighted by Crippen LogP contribution is 2.09.